The van der Waals surface area contributed by atoms with Crippen LogP contribution in [0.5, 0.6) is 5.75 Å². The Morgan fingerprint density at radius 3 is 3.10 bits per heavy atom. The average Bonchev–Trinajstić information content (AvgIpc) is 2.44. The van der Waals surface area contributed by atoms with E-state index in [2.05, 4.69) is 17.6 Å². The molecule has 110 valence electrons. The molecular formula is C15H22N2O3. The number of hydrogen-bond acceptors (Lipinski definition) is 4. The van der Waals surface area contributed by atoms with Gasteiger partial charge in [0.25, 0.3) is 5.91 Å². The average molecular weight is 278 g/mol. The zero-order valence-corrected chi connectivity index (χ0v) is 12.1. The maximum atomic E-state index is 11.3. The van der Waals surface area contributed by atoms with Crippen molar-refractivity contribution in [3.63, 3.8) is 0 Å². The summed E-state index contributed by atoms with van der Waals surface area (Å²) in [4.78, 5) is 11.3. The Balaban J connectivity index is 1.96. The van der Waals surface area contributed by atoms with Crippen molar-refractivity contribution in [2.24, 2.45) is 0 Å². The van der Waals surface area contributed by atoms with E-state index < -0.39 is 0 Å². The maximum absolute atomic E-state index is 11.3. The van der Waals surface area contributed by atoms with Crippen molar-refractivity contribution in [2.45, 2.75) is 32.4 Å². The molecule has 0 aliphatic carbocycles. The van der Waals surface area contributed by atoms with Gasteiger partial charge in [-0.1, -0.05) is 19.4 Å². The third-order valence-electron chi connectivity index (χ3n) is 3.28. The minimum atomic E-state index is -0.106. The fourth-order valence-electron chi connectivity index (χ4n) is 2.30. The van der Waals surface area contributed by atoms with Crippen LogP contribution in [0.25, 0.3) is 0 Å². The molecule has 0 spiro atoms. The SMILES string of the molecule is CCCC(COC)NCc1ccc2c(c1)NC(=O)CO2. The maximum Gasteiger partial charge on any atom is 0.262 e. The number of carbonyl (C=O) groups is 1. The second kappa shape index (κ2) is 7.26. The van der Waals surface area contributed by atoms with Crippen molar-refractivity contribution < 1.29 is 14.3 Å². The summed E-state index contributed by atoms with van der Waals surface area (Å²) in [6.45, 7) is 3.71. The van der Waals surface area contributed by atoms with Crippen molar-refractivity contribution in [3.8, 4) is 5.75 Å². The van der Waals surface area contributed by atoms with Gasteiger partial charge in [-0.3, -0.25) is 4.79 Å². The van der Waals surface area contributed by atoms with E-state index in [1.165, 1.54) is 0 Å². The molecule has 1 unspecified atom stereocenters. The highest BCUT2D eigenvalue weighted by atomic mass is 16.5. The lowest BCUT2D eigenvalue weighted by Crippen LogP contribution is -2.32. The van der Waals surface area contributed by atoms with Gasteiger partial charge < -0.3 is 20.1 Å². The lowest BCUT2D eigenvalue weighted by atomic mass is 10.1. The number of ether oxygens (including phenoxy) is 2. The molecule has 2 N–H and O–H groups in total. The first-order valence-corrected chi connectivity index (χ1v) is 7.00. The monoisotopic (exact) mass is 278 g/mol. The van der Waals surface area contributed by atoms with Crippen LogP contribution in [-0.4, -0.2) is 32.3 Å². The molecule has 1 amide bonds. The molecule has 1 aliphatic rings. The Hall–Kier alpha value is -1.59. The molecule has 0 fully saturated rings. The lowest BCUT2D eigenvalue weighted by Gasteiger charge is -2.20. The largest absolute Gasteiger partial charge is 0.482 e. The second-order valence-corrected chi connectivity index (χ2v) is 4.99. The predicted octanol–water partition coefficient (Wildman–Crippen LogP) is 1.92. The zero-order valence-electron chi connectivity index (χ0n) is 12.1. The van der Waals surface area contributed by atoms with Crippen LogP contribution < -0.4 is 15.4 Å². The number of rotatable bonds is 7. The first-order valence-electron chi connectivity index (χ1n) is 7.00. The van der Waals surface area contributed by atoms with E-state index in [4.69, 9.17) is 9.47 Å². The quantitative estimate of drug-likeness (QED) is 0.800. The van der Waals surface area contributed by atoms with Gasteiger partial charge in [-0.05, 0) is 24.1 Å². The van der Waals surface area contributed by atoms with Gasteiger partial charge in [0.15, 0.2) is 6.61 Å². The predicted molar refractivity (Wildman–Crippen MR) is 78.0 cm³/mol. The standard InChI is InChI=1S/C15H22N2O3/c1-3-4-12(9-19-2)16-8-11-5-6-14-13(7-11)17-15(18)10-20-14/h5-7,12,16H,3-4,8-10H2,1-2H3,(H,17,18). The molecule has 1 aromatic rings. The summed E-state index contributed by atoms with van der Waals surface area (Å²) in [5.74, 6) is 0.626. The fraction of sp³-hybridized carbons (Fsp3) is 0.533. The normalized spacial score (nSPS) is 15.2. The summed E-state index contributed by atoms with van der Waals surface area (Å²) < 4.78 is 10.6. The Morgan fingerprint density at radius 1 is 1.50 bits per heavy atom. The molecule has 0 saturated heterocycles. The van der Waals surface area contributed by atoms with E-state index in [-0.39, 0.29) is 12.5 Å². The van der Waals surface area contributed by atoms with Crippen molar-refractivity contribution in [2.75, 3.05) is 25.6 Å². The number of benzene rings is 1. The first kappa shape index (κ1) is 14.8. The zero-order chi connectivity index (χ0) is 14.4. The van der Waals surface area contributed by atoms with Crippen LogP contribution in [0.1, 0.15) is 25.3 Å². The number of anilines is 1. The lowest BCUT2D eigenvalue weighted by molar-refractivity contribution is -0.118. The summed E-state index contributed by atoms with van der Waals surface area (Å²) in [7, 11) is 1.72. The minimum Gasteiger partial charge on any atom is -0.482 e. The number of nitrogens with one attached hydrogen (secondary N) is 2. The van der Waals surface area contributed by atoms with Gasteiger partial charge in [0.2, 0.25) is 0 Å². The summed E-state index contributed by atoms with van der Waals surface area (Å²) in [5, 5.41) is 6.30. The topological polar surface area (TPSA) is 59.6 Å². The molecule has 0 bridgehead atoms. The van der Waals surface area contributed by atoms with E-state index in [0.717, 1.165) is 36.4 Å². The Kier molecular flexibility index (Phi) is 5.38. The van der Waals surface area contributed by atoms with Gasteiger partial charge in [-0.25, -0.2) is 0 Å². The molecule has 5 nitrogen and oxygen atoms in total. The van der Waals surface area contributed by atoms with Crippen molar-refractivity contribution in [1.29, 1.82) is 0 Å². The molecule has 1 aliphatic heterocycles. The highest BCUT2D eigenvalue weighted by Gasteiger charge is 2.16. The molecule has 5 heteroatoms. The van der Waals surface area contributed by atoms with E-state index in [0.29, 0.717) is 12.6 Å². The van der Waals surface area contributed by atoms with Crippen LogP contribution in [0.3, 0.4) is 0 Å². The van der Waals surface area contributed by atoms with Gasteiger partial charge in [-0.2, -0.15) is 0 Å². The van der Waals surface area contributed by atoms with Gasteiger partial charge in [0.05, 0.1) is 12.3 Å². The molecule has 1 aromatic carbocycles. The van der Waals surface area contributed by atoms with Gasteiger partial charge >= 0.3 is 0 Å². The molecule has 1 atom stereocenters. The van der Waals surface area contributed by atoms with Crippen LogP contribution in [0.15, 0.2) is 18.2 Å². The minimum absolute atomic E-state index is 0.0943. The summed E-state index contributed by atoms with van der Waals surface area (Å²) in [6, 6.07) is 6.22. The van der Waals surface area contributed by atoms with Gasteiger partial charge in [0, 0.05) is 19.7 Å². The molecule has 2 rings (SSSR count). The molecule has 0 radical (unpaired) electrons. The first-order chi connectivity index (χ1) is 9.72. The van der Waals surface area contributed by atoms with Crippen LogP contribution in [-0.2, 0) is 16.1 Å². The molecular weight excluding hydrogens is 256 g/mol. The number of fused-ring (bicyclic) bond motifs is 1. The number of methoxy groups -OCH3 is 1. The third kappa shape index (κ3) is 3.95. The summed E-state index contributed by atoms with van der Waals surface area (Å²) >= 11 is 0. The van der Waals surface area contributed by atoms with Gasteiger partial charge in [0.1, 0.15) is 5.75 Å². The van der Waals surface area contributed by atoms with E-state index in [1.807, 2.05) is 18.2 Å². The Bertz CT molecular complexity index is 456. The Labute approximate surface area is 119 Å². The van der Waals surface area contributed by atoms with Crippen molar-refractivity contribution >= 4 is 11.6 Å². The van der Waals surface area contributed by atoms with Crippen LogP contribution >= 0.6 is 0 Å². The molecule has 1 heterocycles. The highest BCUT2D eigenvalue weighted by Crippen LogP contribution is 2.28. The Morgan fingerprint density at radius 2 is 2.35 bits per heavy atom. The summed E-state index contributed by atoms with van der Waals surface area (Å²) in [6.07, 6.45) is 2.20. The second-order valence-electron chi connectivity index (χ2n) is 4.99. The van der Waals surface area contributed by atoms with Crippen molar-refractivity contribution in [3.05, 3.63) is 23.8 Å². The van der Waals surface area contributed by atoms with E-state index in [1.54, 1.807) is 7.11 Å². The molecule has 0 aromatic heterocycles. The van der Waals surface area contributed by atoms with E-state index >= 15 is 0 Å². The number of hydrogen-bond donors (Lipinski definition) is 2. The van der Waals surface area contributed by atoms with Crippen LogP contribution in [0.4, 0.5) is 5.69 Å². The van der Waals surface area contributed by atoms with Crippen LogP contribution in [0.2, 0.25) is 0 Å². The van der Waals surface area contributed by atoms with Crippen molar-refractivity contribution in [1.82, 2.24) is 5.32 Å². The molecule has 20 heavy (non-hydrogen) atoms. The molecule has 0 saturated carbocycles. The summed E-state index contributed by atoms with van der Waals surface area (Å²) in [5.41, 5.74) is 1.87. The van der Waals surface area contributed by atoms with Gasteiger partial charge in [-0.15, -0.1) is 0 Å². The third-order valence-corrected chi connectivity index (χ3v) is 3.28. The van der Waals surface area contributed by atoms with E-state index in [9.17, 15) is 4.79 Å². The number of amides is 1. The highest BCUT2D eigenvalue weighted by molar-refractivity contribution is 5.95. The van der Waals surface area contributed by atoms with Crippen LogP contribution in [0, 0.1) is 0 Å². The number of carbonyl (C=O) groups excluding carboxylic acids is 1. The smallest absolute Gasteiger partial charge is 0.262 e. The fourth-order valence-corrected chi connectivity index (χ4v) is 2.30.